The third-order valence-corrected chi connectivity index (χ3v) is 5.60. The number of aromatic nitrogens is 6. The molecule has 1 N–H and O–H groups in total. The maximum absolute atomic E-state index is 14.2. The van der Waals surface area contributed by atoms with Gasteiger partial charge >= 0.3 is 5.92 Å². The standard InChI is InChI=1S/C20H20F2N8O2/c1-11(31)25-14-6-13-12(8-23-14)20(4-5-20)10-30(13)15-7-16(27-18(26-15)19(2,21)22)32-17-9-24-28-29(17)3/h6-9H,4-5,10H2,1-3H3,(H,23,25,31). The summed E-state index contributed by atoms with van der Waals surface area (Å²) in [6, 6.07) is 3.24. The first-order valence-corrected chi connectivity index (χ1v) is 10.0. The van der Waals surface area contributed by atoms with Crippen LogP contribution in [0.15, 0.2) is 24.5 Å². The first-order chi connectivity index (χ1) is 15.1. The Morgan fingerprint density at radius 1 is 1.25 bits per heavy atom. The van der Waals surface area contributed by atoms with Crippen LogP contribution < -0.4 is 15.0 Å². The summed E-state index contributed by atoms with van der Waals surface area (Å²) in [4.78, 5) is 25.7. The number of alkyl halides is 2. The Balaban J connectivity index is 1.59. The number of anilines is 3. The highest BCUT2D eigenvalue weighted by atomic mass is 19.3. The molecular weight excluding hydrogens is 422 g/mol. The minimum Gasteiger partial charge on any atom is -0.419 e. The van der Waals surface area contributed by atoms with Gasteiger partial charge in [0.15, 0.2) is 0 Å². The molecule has 1 saturated carbocycles. The van der Waals surface area contributed by atoms with Gasteiger partial charge in [-0.25, -0.2) is 14.6 Å². The molecule has 3 aromatic heterocycles. The van der Waals surface area contributed by atoms with Gasteiger partial charge in [0.2, 0.25) is 23.5 Å². The molecule has 3 aromatic rings. The van der Waals surface area contributed by atoms with E-state index in [1.165, 1.54) is 23.9 Å². The van der Waals surface area contributed by atoms with Crippen molar-refractivity contribution in [1.29, 1.82) is 0 Å². The lowest BCUT2D eigenvalue weighted by atomic mass is 10.0. The van der Waals surface area contributed by atoms with E-state index in [2.05, 4.69) is 30.6 Å². The zero-order valence-electron chi connectivity index (χ0n) is 17.6. The number of halogens is 2. The summed E-state index contributed by atoms with van der Waals surface area (Å²) in [7, 11) is 1.61. The number of rotatable bonds is 5. The third-order valence-electron chi connectivity index (χ3n) is 5.60. The quantitative estimate of drug-likeness (QED) is 0.642. The predicted molar refractivity (Wildman–Crippen MR) is 109 cm³/mol. The normalized spacial score (nSPS) is 16.2. The number of amides is 1. The van der Waals surface area contributed by atoms with E-state index >= 15 is 0 Å². The van der Waals surface area contributed by atoms with E-state index in [0.29, 0.717) is 12.4 Å². The molecule has 32 heavy (non-hydrogen) atoms. The molecule has 0 saturated heterocycles. The largest absolute Gasteiger partial charge is 0.419 e. The van der Waals surface area contributed by atoms with Crippen LogP contribution in [0.4, 0.5) is 26.1 Å². The highest BCUT2D eigenvalue weighted by molar-refractivity contribution is 5.89. The summed E-state index contributed by atoms with van der Waals surface area (Å²) in [5.74, 6) is -3.34. The second-order valence-electron chi connectivity index (χ2n) is 8.21. The highest BCUT2D eigenvalue weighted by Crippen LogP contribution is 2.58. The molecule has 0 atom stereocenters. The van der Waals surface area contributed by atoms with Crippen LogP contribution in [0.5, 0.6) is 11.8 Å². The van der Waals surface area contributed by atoms with Crippen molar-refractivity contribution in [3.63, 3.8) is 0 Å². The molecular formula is C20H20F2N8O2. The Labute approximate surface area is 181 Å². The molecule has 0 unspecified atom stereocenters. The fourth-order valence-corrected chi connectivity index (χ4v) is 3.86. The molecule has 0 aromatic carbocycles. The van der Waals surface area contributed by atoms with Gasteiger partial charge in [-0.2, -0.15) is 13.8 Å². The van der Waals surface area contributed by atoms with Crippen molar-refractivity contribution in [2.24, 2.45) is 7.05 Å². The van der Waals surface area contributed by atoms with Gasteiger partial charge in [-0.3, -0.25) is 4.79 Å². The average Bonchev–Trinajstić information content (AvgIpc) is 3.28. The van der Waals surface area contributed by atoms with Crippen LogP contribution in [0, 0.1) is 0 Å². The van der Waals surface area contributed by atoms with Crippen LogP contribution >= 0.6 is 0 Å². The average molecular weight is 442 g/mol. The molecule has 4 heterocycles. The summed E-state index contributed by atoms with van der Waals surface area (Å²) >= 11 is 0. The van der Waals surface area contributed by atoms with E-state index in [9.17, 15) is 13.6 Å². The van der Waals surface area contributed by atoms with Crippen molar-refractivity contribution < 1.29 is 18.3 Å². The van der Waals surface area contributed by atoms with E-state index in [-0.39, 0.29) is 28.9 Å². The highest BCUT2D eigenvalue weighted by Gasteiger charge is 2.53. The molecule has 10 nitrogen and oxygen atoms in total. The minimum atomic E-state index is -3.28. The van der Waals surface area contributed by atoms with Crippen molar-refractivity contribution >= 4 is 23.2 Å². The lowest BCUT2D eigenvalue weighted by molar-refractivity contribution is -0.114. The molecule has 1 fully saturated rings. The van der Waals surface area contributed by atoms with E-state index < -0.39 is 11.7 Å². The first kappa shape index (κ1) is 20.2. The number of hydrogen-bond acceptors (Lipinski definition) is 8. The molecule has 0 bridgehead atoms. The van der Waals surface area contributed by atoms with Gasteiger partial charge in [0, 0.05) is 56.7 Å². The molecule has 12 heteroatoms. The van der Waals surface area contributed by atoms with Crippen LogP contribution in [0.25, 0.3) is 0 Å². The summed E-state index contributed by atoms with van der Waals surface area (Å²) in [6.45, 7) is 2.69. The number of carbonyl (C=O) groups excluding carboxylic acids is 1. The van der Waals surface area contributed by atoms with Crippen molar-refractivity contribution in [2.75, 3.05) is 16.8 Å². The van der Waals surface area contributed by atoms with Gasteiger partial charge in [0.1, 0.15) is 17.8 Å². The Morgan fingerprint density at radius 2 is 2.03 bits per heavy atom. The minimum absolute atomic E-state index is 0.0497. The Bertz CT molecular complexity index is 1220. The van der Waals surface area contributed by atoms with Crippen molar-refractivity contribution in [1.82, 2.24) is 29.9 Å². The maximum Gasteiger partial charge on any atom is 0.304 e. The predicted octanol–water partition coefficient (Wildman–Crippen LogP) is 3.05. The van der Waals surface area contributed by atoms with Crippen molar-refractivity contribution in [3.05, 3.63) is 35.9 Å². The van der Waals surface area contributed by atoms with E-state index in [1.54, 1.807) is 19.3 Å². The number of fused-ring (bicyclic) bond motifs is 2. The number of nitrogens with zero attached hydrogens (tertiary/aromatic N) is 7. The van der Waals surface area contributed by atoms with E-state index in [1.807, 2.05) is 4.90 Å². The molecule has 1 aliphatic heterocycles. The molecule has 1 spiro atoms. The molecule has 166 valence electrons. The number of nitrogens with one attached hydrogen (secondary N) is 1. The Morgan fingerprint density at radius 3 is 2.66 bits per heavy atom. The molecule has 1 aliphatic carbocycles. The molecule has 5 rings (SSSR count). The van der Waals surface area contributed by atoms with Crippen LogP contribution in [-0.4, -0.2) is 42.4 Å². The molecule has 2 aliphatic rings. The summed E-state index contributed by atoms with van der Waals surface area (Å²) in [6.07, 6.45) is 5.03. The Kier molecular flexibility index (Phi) is 4.36. The van der Waals surface area contributed by atoms with Gasteiger partial charge < -0.3 is 15.0 Å². The maximum atomic E-state index is 14.2. The number of pyridine rings is 1. The van der Waals surface area contributed by atoms with Crippen molar-refractivity contribution in [2.45, 2.75) is 38.0 Å². The van der Waals surface area contributed by atoms with Crippen LogP contribution in [-0.2, 0) is 23.2 Å². The Hall–Kier alpha value is -3.70. The smallest absolute Gasteiger partial charge is 0.304 e. The van der Waals surface area contributed by atoms with Crippen LogP contribution in [0.3, 0.4) is 0 Å². The number of ether oxygens (including phenoxy) is 1. The fourth-order valence-electron chi connectivity index (χ4n) is 3.86. The SMILES string of the molecule is CC(=O)Nc1cc2c(cn1)C1(CC1)CN2c1cc(Oc2cnnn2C)nc(C(C)(F)F)n1. The van der Waals surface area contributed by atoms with E-state index in [4.69, 9.17) is 4.74 Å². The van der Waals surface area contributed by atoms with Crippen LogP contribution in [0.1, 0.15) is 38.1 Å². The second kappa shape index (κ2) is 6.90. The lowest BCUT2D eigenvalue weighted by Gasteiger charge is -2.21. The van der Waals surface area contributed by atoms with Gasteiger partial charge in [0.25, 0.3) is 0 Å². The number of carbonyl (C=O) groups is 1. The summed E-state index contributed by atoms with van der Waals surface area (Å²) < 4.78 is 35.5. The van der Waals surface area contributed by atoms with Gasteiger partial charge in [-0.1, -0.05) is 5.21 Å². The number of hydrogen-bond donors (Lipinski definition) is 1. The van der Waals surface area contributed by atoms with Gasteiger partial charge in [-0.15, -0.1) is 5.10 Å². The monoisotopic (exact) mass is 442 g/mol. The van der Waals surface area contributed by atoms with E-state index in [0.717, 1.165) is 31.0 Å². The zero-order valence-corrected chi connectivity index (χ0v) is 17.6. The lowest BCUT2D eigenvalue weighted by Crippen LogP contribution is -2.22. The fraction of sp³-hybridized carbons (Fsp3) is 0.400. The van der Waals surface area contributed by atoms with Crippen LogP contribution in [0.2, 0.25) is 0 Å². The zero-order chi connectivity index (χ0) is 22.7. The molecule has 0 radical (unpaired) electrons. The van der Waals surface area contributed by atoms with Gasteiger partial charge in [-0.05, 0) is 12.8 Å². The third kappa shape index (κ3) is 3.51. The molecule has 1 amide bonds. The summed E-state index contributed by atoms with van der Waals surface area (Å²) in [5, 5.41) is 10.2. The second-order valence-corrected chi connectivity index (χ2v) is 8.21. The first-order valence-electron chi connectivity index (χ1n) is 10.0. The van der Waals surface area contributed by atoms with Crippen molar-refractivity contribution in [3.8, 4) is 11.8 Å². The topological polar surface area (TPSA) is 111 Å². The van der Waals surface area contributed by atoms with Gasteiger partial charge in [0.05, 0.1) is 5.69 Å². The number of aryl methyl sites for hydroxylation is 1. The summed E-state index contributed by atoms with van der Waals surface area (Å²) in [5.41, 5.74) is 1.68.